The van der Waals surface area contributed by atoms with Crippen LogP contribution in [0.3, 0.4) is 0 Å². The van der Waals surface area contributed by atoms with Crippen LogP contribution in [-0.2, 0) is 32.0 Å². The van der Waals surface area contributed by atoms with E-state index in [2.05, 4.69) is 25.6 Å². The van der Waals surface area contributed by atoms with E-state index in [9.17, 15) is 53.9 Å². The van der Waals surface area contributed by atoms with E-state index in [-0.39, 0.29) is 77.9 Å². The number of hydrogen-bond donors (Lipinski definition) is 3. The highest BCUT2D eigenvalue weighted by Gasteiger charge is 2.39. The van der Waals surface area contributed by atoms with Crippen LogP contribution in [0, 0.1) is 34.9 Å². The Hall–Kier alpha value is -7.83. The molecule has 4 atom stereocenters. The summed E-state index contributed by atoms with van der Waals surface area (Å²) in [6.07, 6.45) is -2.99. The molecule has 406 valence electrons. The van der Waals surface area contributed by atoms with Crippen molar-refractivity contribution in [1.29, 1.82) is 0 Å². The number of aromatic nitrogens is 4. The number of benzene rings is 4. The number of nitrogens with two attached hydrogens (primary N) is 1. The Kier molecular flexibility index (Phi) is 19.0. The Morgan fingerprint density at radius 1 is 0.684 bits per heavy atom. The molecule has 0 aliphatic carbocycles. The van der Waals surface area contributed by atoms with Crippen molar-refractivity contribution in [2.24, 2.45) is 5.73 Å². The third kappa shape index (κ3) is 16.3. The lowest BCUT2D eigenvalue weighted by molar-refractivity contribution is -0.192. The van der Waals surface area contributed by atoms with Crippen LogP contribution in [0.5, 0.6) is 0 Å². The van der Waals surface area contributed by atoms with Crippen molar-refractivity contribution in [3.63, 3.8) is 0 Å². The number of hydrogen-bond acceptors (Lipinski definition) is 12. The van der Waals surface area contributed by atoms with E-state index in [1.165, 1.54) is 12.1 Å². The summed E-state index contributed by atoms with van der Waals surface area (Å²) in [4.78, 5) is 59.3. The fourth-order valence-electron chi connectivity index (χ4n) is 8.25. The van der Waals surface area contributed by atoms with Gasteiger partial charge in [0.15, 0.2) is 0 Å². The quantitative estimate of drug-likeness (QED) is 0.0918. The number of carbonyl (C=O) groups is 4. The number of carbonyl (C=O) groups excluding carboxylic acids is 3. The number of carboxylic acids is 1. The number of aliphatic carboxylic acids is 1. The minimum Gasteiger partial charge on any atom is -0.475 e. The third-order valence-corrected chi connectivity index (χ3v) is 11.5. The molecule has 6 aromatic rings. The second-order valence-corrected chi connectivity index (χ2v) is 18.6. The molecule has 16 nitrogen and oxygen atoms in total. The monoisotopic (exact) mass is 1070 g/mol. The summed E-state index contributed by atoms with van der Waals surface area (Å²) in [6.45, 7) is 6.07. The molecule has 2 aliphatic rings. The van der Waals surface area contributed by atoms with E-state index < -0.39 is 77.1 Å². The number of alkyl halides is 3. The highest BCUT2D eigenvalue weighted by Crippen LogP contribution is 2.35. The van der Waals surface area contributed by atoms with Crippen molar-refractivity contribution >= 4 is 23.9 Å². The molecule has 2 saturated heterocycles. The summed E-state index contributed by atoms with van der Waals surface area (Å²) in [6, 6.07) is 16.1. The Bertz CT molecular complexity index is 2950. The van der Waals surface area contributed by atoms with E-state index >= 15 is 0 Å². The zero-order chi connectivity index (χ0) is 55.5. The van der Waals surface area contributed by atoms with Crippen molar-refractivity contribution in [1.82, 2.24) is 35.4 Å². The topological polar surface area (TPSA) is 220 Å². The molecule has 0 bridgehead atoms. The molecule has 0 unspecified atom stereocenters. The van der Waals surface area contributed by atoms with Crippen molar-refractivity contribution < 1.29 is 77.6 Å². The lowest BCUT2D eigenvalue weighted by Gasteiger charge is -2.27. The maximum absolute atomic E-state index is 14.4. The summed E-state index contributed by atoms with van der Waals surface area (Å²) in [5.74, 6) is -6.70. The van der Waals surface area contributed by atoms with Gasteiger partial charge in [-0.3, -0.25) is 9.59 Å². The molecular weight excluding hydrogens is 1020 g/mol. The van der Waals surface area contributed by atoms with Crippen LogP contribution < -0.4 is 11.1 Å². The molecule has 2 aliphatic heterocycles. The van der Waals surface area contributed by atoms with Crippen LogP contribution >= 0.6 is 0 Å². The van der Waals surface area contributed by atoms with Crippen LogP contribution in [0.25, 0.3) is 22.8 Å². The maximum Gasteiger partial charge on any atom is 0.490 e. The van der Waals surface area contributed by atoms with Gasteiger partial charge in [-0.15, -0.1) is 0 Å². The Balaban J connectivity index is 0.000000222. The normalized spacial score (nSPS) is 16.2. The van der Waals surface area contributed by atoms with Gasteiger partial charge in [0.1, 0.15) is 52.6 Å². The number of alkyl carbamates (subject to hydrolysis) is 1. The van der Waals surface area contributed by atoms with Gasteiger partial charge in [-0.05, 0) is 107 Å². The fourth-order valence-corrected chi connectivity index (χ4v) is 8.25. The summed E-state index contributed by atoms with van der Waals surface area (Å²) >= 11 is 0. The van der Waals surface area contributed by atoms with Gasteiger partial charge >= 0.3 is 18.2 Å². The number of nitrogens with one attached hydrogen (secondary N) is 1. The van der Waals surface area contributed by atoms with E-state index in [0.29, 0.717) is 43.5 Å². The number of carboxylic acid groups (broad SMARTS) is 1. The molecule has 25 heteroatoms. The van der Waals surface area contributed by atoms with Crippen LogP contribution in [0.1, 0.15) is 94.3 Å². The first kappa shape index (κ1) is 57.4. The van der Waals surface area contributed by atoms with Crippen LogP contribution in [-0.4, -0.2) is 96.0 Å². The predicted octanol–water partition coefficient (Wildman–Crippen LogP) is 9.75. The number of nitrogens with zero attached hydrogens (tertiary/aromatic N) is 6. The van der Waals surface area contributed by atoms with Gasteiger partial charge in [0.05, 0.1) is 0 Å². The highest BCUT2D eigenvalue weighted by atomic mass is 19.4. The van der Waals surface area contributed by atoms with Crippen molar-refractivity contribution in [2.75, 3.05) is 13.1 Å². The van der Waals surface area contributed by atoms with Crippen LogP contribution in [0.15, 0.2) is 94.0 Å². The predicted molar refractivity (Wildman–Crippen MR) is 251 cm³/mol. The molecule has 4 N–H and O–H groups in total. The number of likely N-dealkylation sites (tertiary alicyclic amines) is 2. The summed E-state index contributed by atoms with van der Waals surface area (Å²) in [7, 11) is 0. The smallest absolute Gasteiger partial charge is 0.475 e. The average molecular weight is 1070 g/mol. The third-order valence-electron chi connectivity index (χ3n) is 11.5. The first-order chi connectivity index (χ1) is 35.8. The number of halogens is 9. The van der Waals surface area contributed by atoms with Gasteiger partial charge in [0.2, 0.25) is 35.2 Å². The van der Waals surface area contributed by atoms with Gasteiger partial charge in [-0.25, -0.2) is 35.9 Å². The SMILES string of the molecule is CC(C)(C)OC(=O)N[C@@H](CC(=O)N1CCC[C@H]1c1nc(-c2cc(F)cc(F)c2)no1)Cc1ccccc1F.N[C@@H](CC(=O)N1CCC[C@H]1c1nc(-c2cc(F)cc(F)c2)no1)Cc1ccccc1F.O=C(O)C(F)(F)F. The van der Waals surface area contributed by atoms with Crippen molar-refractivity contribution in [3.05, 3.63) is 143 Å². The molecule has 0 spiro atoms. The molecule has 0 radical (unpaired) electrons. The lowest BCUT2D eigenvalue weighted by Crippen LogP contribution is -2.44. The van der Waals surface area contributed by atoms with Crippen LogP contribution in [0.2, 0.25) is 0 Å². The van der Waals surface area contributed by atoms with Gasteiger partial charge in [-0.1, -0.05) is 46.7 Å². The van der Waals surface area contributed by atoms with Crippen molar-refractivity contribution in [3.8, 4) is 22.8 Å². The number of amides is 3. The second kappa shape index (κ2) is 25.1. The molecule has 2 fully saturated rings. The molecule has 76 heavy (non-hydrogen) atoms. The van der Waals surface area contributed by atoms with Gasteiger partial charge in [0, 0.05) is 61.3 Å². The fraction of sp³-hybridized carbons (Fsp3) is 0.373. The Morgan fingerprint density at radius 3 is 1.50 bits per heavy atom. The first-order valence-electron chi connectivity index (χ1n) is 23.5. The molecule has 0 saturated carbocycles. The zero-order valence-corrected chi connectivity index (χ0v) is 40.9. The zero-order valence-electron chi connectivity index (χ0n) is 40.9. The largest absolute Gasteiger partial charge is 0.490 e. The summed E-state index contributed by atoms with van der Waals surface area (Å²) in [5.41, 5.74) is 6.42. The summed E-state index contributed by atoms with van der Waals surface area (Å²) in [5, 5.41) is 17.5. The minimum atomic E-state index is -5.08. The summed E-state index contributed by atoms with van der Waals surface area (Å²) < 4.78 is 130. The van der Waals surface area contributed by atoms with E-state index in [1.54, 1.807) is 67.0 Å². The first-order valence-corrected chi connectivity index (χ1v) is 23.5. The van der Waals surface area contributed by atoms with E-state index in [1.807, 2.05) is 0 Å². The highest BCUT2D eigenvalue weighted by molar-refractivity contribution is 5.79. The second-order valence-electron chi connectivity index (χ2n) is 18.6. The lowest BCUT2D eigenvalue weighted by atomic mass is 10.0. The molecule has 3 amide bonds. The molecule has 2 aromatic heterocycles. The Labute approximate surface area is 428 Å². The molecule has 4 heterocycles. The average Bonchev–Trinajstić information content (AvgIpc) is 4.17. The van der Waals surface area contributed by atoms with Gasteiger partial charge in [-0.2, -0.15) is 23.1 Å². The number of rotatable bonds is 13. The standard InChI is InChI=1S/C27H29F3N4O4.C22H21F3N4O2.C2HF3O2/c1-27(2,3)37-26(36)31-20(13-16-7-4-5-8-21(16)30)15-23(35)34-10-6-9-22(34)25-32-24(33-38-25)17-11-18(28)14-19(29)12-17;23-15-8-14(9-16(24)11-15)21-27-22(31-28-21)19-6-3-7-29(19)20(30)12-17(26)10-13-4-1-2-5-18(13)25;3-2(4,5)1(6)7/h4-5,7-8,11-12,14,20,22H,6,9-10,13,15H2,1-3H3,(H,31,36);1-2,4-5,8-9,11,17,19H,3,6-7,10,12,26H2;(H,6,7)/t20-,22+;17-,19+;/m11./s1. The van der Waals surface area contributed by atoms with E-state index in [0.717, 1.165) is 42.8 Å². The van der Waals surface area contributed by atoms with Gasteiger partial charge < -0.3 is 39.7 Å². The molecule has 4 aromatic carbocycles. The molecule has 8 rings (SSSR count). The minimum absolute atomic E-state index is 0.00159. The van der Waals surface area contributed by atoms with Crippen molar-refractivity contribution in [2.45, 2.75) is 108 Å². The van der Waals surface area contributed by atoms with Crippen LogP contribution in [0.4, 0.5) is 44.3 Å². The van der Waals surface area contributed by atoms with Gasteiger partial charge in [0.25, 0.3) is 0 Å². The number of ether oxygens (including phenoxy) is 1. The molecular formula is C51H51F9N8O8. The maximum atomic E-state index is 14.4. The Morgan fingerprint density at radius 2 is 1.09 bits per heavy atom. The van der Waals surface area contributed by atoms with E-state index in [4.69, 9.17) is 29.4 Å².